The van der Waals surface area contributed by atoms with Gasteiger partial charge in [0.1, 0.15) is 0 Å². The first kappa shape index (κ1) is 14.5. The van der Waals surface area contributed by atoms with Gasteiger partial charge < -0.3 is 10.6 Å². The zero-order chi connectivity index (χ0) is 14.5. The van der Waals surface area contributed by atoms with Crippen LogP contribution in [0, 0.1) is 0 Å². The van der Waals surface area contributed by atoms with Crippen molar-refractivity contribution < 1.29 is 0 Å². The molecular formula is C18H22N2S. The molecule has 110 valence electrons. The molecule has 0 aliphatic carbocycles. The van der Waals surface area contributed by atoms with Crippen LogP contribution in [0.1, 0.15) is 24.8 Å². The summed E-state index contributed by atoms with van der Waals surface area (Å²) in [6.07, 6.45) is 3.99. The maximum Gasteiger partial charge on any atom is 0.0508 e. The molecule has 3 heteroatoms. The molecule has 1 aliphatic heterocycles. The van der Waals surface area contributed by atoms with Gasteiger partial charge in [-0.2, -0.15) is 0 Å². The third-order valence-electron chi connectivity index (χ3n) is 3.95. The summed E-state index contributed by atoms with van der Waals surface area (Å²) in [5.74, 6) is 0. The summed E-state index contributed by atoms with van der Waals surface area (Å²) >= 11 is 1.84. The van der Waals surface area contributed by atoms with E-state index in [0.717, 1.165) is 0 Å². The highest BCUT2D eigenvalue weighted by Crippen LogP contribution is 2.36. The number of hydrogen-bond donors (Lipinski definition) is 1. The molecule has 1 fully saturated rings. The molecule has 0 bridgehead atoms. The van der Waals surface area contributed by atoms with Crippen LogP contribution in [0.5, 0.6) is 0 Å². The summed E-state index contributed by atoms with van der Waals surface area (Å²) < 4.78 is 0. The highest BCUT2D eigenvalue weighted by Gasteiger charge is 2.14. The van der Waals surface area contributed by atoms with Crippen molar-refractivity contribution in [2.45, 2.75) is 35.6 Å². The normalized spacial score (nSPS) is 15.2. The molecule has 0 unspecified atom stereocenters. The zero-order valence-corrected chi connectivity index (χ0v) is 13.1. The van der Waals surface area contributed by atoms with E-state index < -0.39 is 0 Å². The molecule has 2 N–H and O–H groups in total. The van der Waals surface area contributed by atoms with Crippen LogP contribution in [0.3, 0.4) is 0 Å². The van der Waals surface area contributed by atoms with Gasteiger partial charge in [0.2, 0.25) is 0 Å². The second-order valence-electron chi connectivity index (χ2n) is 5.47. The maximum absolute atomic E-state index is 5.66. The zero-order valence-electron chi connectivity index (χ0n) is 12.3. The largest absolute Gasteiger partial charge is 0.371 e. The van der Waals surface area contributed by atoms with Crippen molar-refractivity contribution in [3.8, 4) is 0 Å². The molecule has 0 radical (unpaired) electrons. The third-order valence-corrected chi connectivity index (χ3v) is 5.02. The molecule has 1 saturated heterocycles. The topological polar surface area (TPSA) is 29.3 Å². The smallest absolute Gasteiger partial charge is 0.0508 e. The van der Waals surface area contributed by atoms with E-state index in [4.69, 9.17) is 5.73 Å². The maximum atomic E-state index is 5.66. The van der Waals surface area contributed by atoms with E-state index in [-0.39, 0.29) is 0 Å². The van der Waals surface area contributed by atoms with Gasteiger partial charge in [-0.25, -0.2) is 0 Å². The van der Waals surface area contributed by atoms with E-state index in [2.05, 4.69) is 53.4 Å². The lowest BCUT2D eigenvalue weighted by Crippen LogP contribution is -2.29. The fraction of sp³-hybridized carbons (Fsp3) is 0.333. The summed E-state index contributed by atoms with van der Waals surface area (Å²) in [5.41, 5.74) is 8.22. The van der Waals surface area contributed by atoms with E-state index in [0.29, 0.717) is 6.54 Å². The van der Waals surface area contributed by atoms with E-state index in [1.807, 2.05) is 11.8 Å². The number of para-hydroxylation sites is 1. The molecule has 2 aromatic rings. The molecular weight excluding hydrogens is 276 g/mol. The monoisotopic (exact) mass is 298 g/mol. The Balaban J connectivity index is 1.80. The van der Waals surface area contributed by atoms with Crippen LogP contribution in [-0.4, -0.2) is 13.1 Å². The lowest BCUT2D eigenvalue weighted by atomic mass is 10.1. The second kappa shape index (κ2) is 7.01. The molecule has 1 aliphatic rings. The molecule has 0 atom stereocenters. The minimum Gasteiger partial charge on any atom is -0.371 e. The third kappa shape index (κ3) is 3.60. The minimum atomic E-state index is 0.606. The average molecular weight is 298 g/mol. The number of nitrogens with zero attached hydrogens (tertiary/aromatic N) is 1. The number of nitrogens with two attached hydrogens (primary N) is 1. The van der Waals surface area contributed by atoms with E-state index in [9.17, 15) is 0 Å². The van der Waals surface area contributed by atoms with Crippen LogP contribution in [0.15, 0.2) is 58.3 Å². The molecule has 0 amide bonds. The fourth-order valence-corrected chi connectivity index (χ4v) is 3.73. The Morgan fingerprint density at radius 1 is 0.905 bits per heavy atom. The Bertz CT molecular complexity index is 574. The number of piperidine rings is 1. The number of rotatable bonds is 4. The van der Waals surface area contributed by atoms with Gasteiger partial charge in [0.05, 0.1) is 5.69 Å². The van der Waals surface area contributed by atoms with Crippen molar-refractivity contribution in [1.82, 2.24) is 0 Å². The van der Waals surface area contributed by atoms with Crippen molar-refractivity contribution in [3.05, 3.63) is 54.1 Å². The van der Waals surface area contributed by atoms with Crippen molar-refractivity contribution in [2.75, 3.05) is 18.0 Å². The summed E-state index contributed by atoms with van der Waals surface area (Å²) in [6.45, 7) is 2.97. The molecule has 21 heavy (non-hydrogen) atoms. The first-order valence-corrected chi connectivity index (χ1v) is 8.49. The number of hydrogen-bond acceptors (Lipinski definition) is 3. The van der Waals surface area contributed by atoms with E-state index >= 15 is 0 Å². The Kier molecular flexibility index (Phi) is 4.84. The van der Waals surface area contributed by atoms with Crippen LogP contribution in [0.25, 0.3) is 0 Å². The minimum absolute atomic E-state index is 0.606. The molecule has 2 aromatic carbocycles. The average Bonchev–Trinajstić information content (AvgIpc) is 2.57. The summed E-state index contributed by atoms with van der Waals surface area (Å²) in [7, 11) is 0. The number of anilines is 1. The van der Waals surface area contributed by atoms with E-state index in [1.165, 1.54) is 53.4 Å². The predicted molar refractivity (Wildman–Crippen MR) is 91.0 cm³/mol. The Morgan fingerprint density at radius 2 is 1.62 bits per heavy atom. The van der Waals surface area contributed by atoms with Crippen LogP contribution in [0.4, 0.5) is 5.69 Å². The molecule has 1 heterocycles. The molecule has 2 nitrogen and oxygen atoms in total. The molecule has 3 rings (SSSR count). The van der Waals surface area contributed by atoms with Gasteiger partial charge in [0, 0.05) is 29.4 Å². The van der Waals surface area contributed by atoms with Crippen LogP contribution in [0.2, 0.25) is 0 Å². The highest BCUT2D eigenvalue weighted by atomic mass is 32.2. The van der Waals surface area contributed by atoms with Gasteiger partial charge in [-0.15, -0.1) is 0 Å². The second-order valence-corrected chi connectivity index (χ2v) is 6.58. The van der Waals surface area contributed by atoms with Crippen LogP contribution < -0.4 is 10.6 Å². The molecule has 0 spiro atoms. The Labute approximate surface area is 131 Å². The Hall–Kier alpha value is -1.45. The number of benzene rings is 2. The van der Waals surface area contributed by atoms with Gasteiger partial charge in [-0.3, -0.25) is 0 Å². The quantitative estimate of drug-likeness (QED) is 0.913. The van der Waals surface area contributed by atoms with Gasteiger partial charge in [0.25, 0.3) is 0 Å². The first-order chi connectivity index (χ1) is 10.4. The van der Waals surface area contributed by atoms with Gasteiger partial charge in [-0.1, -0.05) is 36.0 Å². The lowest BCUT2D eigenvalue weighted by Gasteiger charge is -2.30. The van der Waals surface area contributed by atoms with Crippen LogP contribution >= 0.6 is 11.8 Å². The van der Waals surface area contributed by atoms with Gasteiger partial charge in [0.15, 0.2) is 0 Å². The standard InChI is InChI=1S/C18H22N2S/c19-14-15-8-10-16(11-9-15)21-18-7-3-2-6-17(18)20-12-4-1-5-13-20/h2-3,6-11H,1,4-5,12-14,19H2. The van der Waals surface area contributed by atoms with E-state index in [1.54, 1.807) is 0 Å². The molecule has 0 saturated carbocycles. The van der Waals surface area contributed by atoms with Gasteiger partial charge in [-0.05, 0) is 49.1 Å². The summed E-state index contributed by atoms with van der Waals surface area (Å²) in [4.78, 5) is 5.15. The predicted octanol–water partition coefficient (Wildman–Crippen LogP) is 4.29. The van der Waals surface area contributed by atoms with Crippen LogP contribution in [-0.2, 0) is 6.54 Å². The summed E-state index contributed by atoms with van der Waals surface area (Å²) in [5, 5.41) is 0. The van der Waals surface area contributed by atoms with Crippen molar-refractivity contribution in [2.24, 2.45) is 5.73 Å². The lowest BCUT2D eigenvalue weighted by molar-refractivity contribution is 0.575. The van der Waals surface area contributed by atoms with Crippen molar-refractivity contribution >= 4 is 17.4 Å². The molecule has 0 aromatic heterocycles. The van der Waals surface area contributed by atoms with Crippen molar-refractivity contribution in [1.29, 1.82) is 0 Å². The van der Waals surface area contributed by atoms with Crippen molar-refractivity contribution in [3.63, 3.8) is 0 Å². The van der Waals surface area contributed by atoms with Gasteiger partial charge >= 0.3 is 0 Å². The fourth-order valence-electron chi connectivity index (χ4n) is 2.76. The summed E-state index contributed by atoms with van der Waals surface area (Å²) in [6, 6.07) is 17.3. The highest BCUT2D eigenvalue weighted by molar-refractivity contribution is 7.99. The first-order valence-electron chi connectivity index (χ1n) is 7.67. The SMILES string of the molecule is NCc1ccc(Sc2ccccc2N2CCCCC2)cc1. The Morgan fingerprint density at radius 3 is 2.33 bits per heavy atom.